The maximum atomic E-state index is 12.8. The molecule has 33 heavy (non-hydrogen) atoms. The summed E-state index contributed by atoms with van der Waals surface area (Å²) < 4.78 is 33.3. The van der Waals surface area contributed by atoms with Crippen LogP contribution < -0.4 is 4.72 Å². The molecule has 3 aromatic carbocycles. The van der Waals surface area contributed by atoms with E-state index in [1.54, 1.807) is 42.5 Å². The number of sulfonamides is 1. The summed E-state index contributed by atoms with van der Waals surface area (Å²) in [7, 11) is -4.04. The summed E-state index contributed by atoms with van der Waals surface area (Å²) in [4.78, 5) is 12.8. The lowest BCUT2D eigenvalue weighted by Crippen LogP contribution is -2.30. The Kier molecular flexibility index (Phi) is 6.34. The quantitative estimate of drug-likeness (QED) is 0.332. The molecular formula is C25H19Cl2NO4S. The zero-order valence-electron chi connectivity index (χ0n) is 17.6. The van der Waals surface area contributed by atoms with Gasteiger partial charge in [0.1, 0.15) is 11.3 Å². The van der Waals surface area contributed by atoms with Crippen molar-refractivity contribution in [1.82, 2.24) is 4.72 Å². The molecule has 0 aliphatic rings. The second-order valence-electron chi connectivity index (χ2n) is 7.47. The van der Waals surface area contributed by atoms with Crippen molar-refractivity contribution in [3.05, 3.63) is 105 Å². The van der Waals surface area contributed by atoms with Crippen LogP contribution in [0.1, 0.15) is 32.8 Å². The Hall–Kier alpha value is -3.06. The van der Waals surface area contributed by atoms with E-state index in [2.05, 4.69) is 11.3 Å². The van der Waals surface area contributed by atoms with Gasteiger partial charge in [0.2, 0.25) is 0 Å². The van der Waals surface area contributed by atoms with Gasteiger partial charge in [-0.15, -0.1) is 0 Å². The molecule has 5 nitrogen and oxygen atoms in total. The molecule has 0 saturated heterocycles. The molecule has 0 saturated carbocycles. The summed E-state index contributed by atoms with van der Waals surface area (Å²) in [5.41, 5.74) is 3.26. The lowest BCUT2D eigenvalue weighted by atomic mass is 10.0. The Morgan fingerprint density at radius 1 is 1.06 bits per heavy atom. The SMILES string of the molecule is C=Cc1ccc(S(=O)(=O)NC(=O)c2ccc3oc(C)c(Cc4ccc(Cl)cc4Cl)c3c2)cc1. The zero-order chi connectivity index (χ0) is 23.8. The predicted octanol–water partition coefficient (Wildman–Crippen LogP) is 6.40. The van der Waals surface area contributed by atoms with Crippen LogP contribution in [0, 0.1) is 6.92 Å². The Morgan fingerprint density at radius 2 is 1.79 bits per heavy atom. The molecule has 1 aromatic heterocycles. The van der Waals surface area contributed by atoms with Crippen molar-refractivity contribution in [1.29, 1.82) is 0 Å². The van der Waals surface area contributed by atoms with Crippen LogP contribution in [0.2, 0.25) is 10.0 Å². The normalized spacial score (nSPS) is 11.5. The highest BCUT2D eigenvalue weighted by atomic mass is 35.5. The largest absolute Gasteiger partial charge is 0.461 e. The minimum Gasteiger partial charge on any atom is -0.461 e. The topological polar surface area (TPSA) is 76.4 Å². The second-order valence-corrected chi connectivity index (χ2v) is 9.99. The first-order chi connectivity index (χ1) is 15.7. The average molecular weight is 500 g/mol. The number of carbonyl (C=O) groups is 1. The number of hydrogen-bond acceptors (Lipinski definition) is 4. The van der Waals surface area contributed by atoms with Crippen molar-refractivity contribution >= 4 is 56.2 Å². The van der Waals surface area contributed by atoms with E-state index in [1.165, 1.54) is 18.2 Å². The van der Waals surface area contributed by atoms with Crippen LogP contribution in [0.25, 0.3) is 17.0 Å². The Balaban J connectivity index is 1.65. The number of rotatable bonds is 6. The Bertz CT molecular complexity index is 1490. The van der Waals surface area contributed by atoms with E-state index in [0.717, 1.165) is 16.7 Å². The van der Waals surface area contributed by atoms with Crippen molar-refractivity contribution in [2.24, 2.45) is 0 Å². The molecule has 0 atom stereocenters. The molecule has 0 radical (unpaired) electrons. The molecule has 0 unspecified atom stereocenters. The highest BCUT2D eigenvalue weighted by Crippen LogP contribution is 2.31. The molecule has 1 heterocycles. The molecular weight excluding hydrogens is 481 g/mol. The van der Waals surface area contributed by atoms with Crippen molar-refractivity contribution in [3.63, 3.8) is 0 Å². The summed E-state index contributed by atoms with van der Waals surface area (Å²) in [5, 5.41) is 1.77. The van der Waals surface area contributed by atoms with Crippen molar-refractivity contribution in [2.45, 2.75) is 18.2 Å². The maximum Gasteiger partial charge on any atom is 0.265 e. The number of amides is 1. The van der Waals surface area contributed by atoms with Crippen LogP contribution in [0.15, 0.2) is 76.6 Å². The molecule has 0 aliphatic carbocycles. The predicted molar refractivity (Wildman–Crippen MR) is 131 cm³/mol. The van der Waals surface area contributed by atoms with Crippen molar-refractivity contribution in [3.8, 4) is 0 Å². The summed E-state index contributed by atoms with van der Waals surface area (Å²) in [6.07, 6.45) is 2.07. The first kappa shape index (κ1) is 23.1. The minimum absolute atomic E-state index is 0.0141. The van der Waals surface area contributed by atoms with E-state index in [-0.39, 0.29) is 10.5 Å². The molecule has 1 N–H and O–H groups in total. The number of fused-ring (bicyclic) bond motifs is 1. The van der Waals surface area contributed by atoms with Gasteiger partial charge in [-0.25, -0.2) is 13.1 Å². The molecule has 168 valence electrons. The van der Waals surface area contributed by atoms with Crippen LogP contribution in [-0.2, 0) is 16.4 Å². The van der Waals surface area contributed by atoms with Gasteiger partial charge >= 0.3 is 0 Å². The van der Waals surface area contributed by atoms with Gasteiger partial charge in [0, 0.05) is 33.0 Å². The molecule has 8 heteroatoms. The molecule has 4 aromatic rings. The zero-order valence-corrected chi connectivity index (χ0v) is 19.9. The second kappa shape index (κ2) is 9.06. The number of benzene rings is 3. The van der Waals surface area contributed by atoms with Gasteiger partial charge in [-0.05, 0) is 60.5 Å². The van der Waals surface area contributed by atoms with Crippen LogP contribution in [0.3, 0.4) is 0 Å². The van der Waals surface area contributed by atoms with Crippen molar-refractivity contribution < 1.29 is 17.6 Å². The molecule has 0 fully saturated rings. The summed E-state index contributed by atoms with van der Waals surface area (Å²) in [5.74, 6) is -0.0532. The fourth-order valence-electron chi connectivity index (χ4n) is 3.51. The van der Waals surface area contributed by atoms with Gasteiger partial charge in [-0.1, -0.05) is 54.1 Å². The van der Waals surface area contributed by atoms with E-state index in [9.17, 15) is 13.2 Å². The lowest BCUT2D eigenvalue weighted by Gasteiger charge is -2.08. The number of furan rings is 1. The average Bonchev–Trinajstić information content (AvgIpc) is 3.09. The first-order valence-electron chi connectivity index (χ1n) is 9.93. The van der Waals surface area contributed by atoms with E-state index in [0.29, 0.717) is 33.2 Å². The molecule has 0 spiro atoms. The lowest BCUT2D eigenvalue weighted by molar-refractivity contribution is 0.0981. The highest BCUT2D eigenvalue weighted by molar-refractivity contribution is 7.90. The summed E-state index contributed by atoms with van der Waals surface area (Å²) in [6.45, 7) is 5.47. The van der Waals surface area contributed by atoms with E-state index in [1.807, 2.05) is 13.0 Å². The molecule has 4 rings (SSSR count). The third-order valence-electron chi connectivity index (χ3n) is 5.29. The number of halogens is 2. The summed E-state index contributed by atoms with van der Waals surface area (Å²) in [6, 6.07) is 16.1. The van der Waals surface area contributed by atoms with Gasteiger partial charge in [-0.2, -0.15) is 0 Å². The van der Waals surface area contributed by atoms with Gasteiger partial charge in [0.15, 0.2) is 0 Å². The highest BCUT2D eigenvalue weighted by Gasteiger charge is 2.20. The summed E-state index contributed by atoms with van der Waals surface area (Å²) >= 11 is 12.3. The number of nitrogens with one attached hydrogen (secondary N) is 1. The number of hydrogen-bond donors (Lipinski definition) is 1. The van der Waals surface area contributed by atoms with E-state index >= 15 is 0 Å². The fourth-order valence-corrected chi connectivity index (χ4v) is 4.96. The Morgan fingerprint density at radius 3 is 2.45 bits per heavy atom. The molecule has 0 aliphatic heterocycles. The smallest absolute Gasteiger partial charge is 0.265 e. The molecule has 1 amide bonds. The maximum absolute atomic E-state index is 12.8. The van der Waals surface area contributed by atoms with Crippen LogP contribution >= 0.6 is 23.2 Å². The minimum atomic E-state index is -4.04. The van der Waals surface area contributed by atoms with Gasteiger partial charge in [0.05, 0.1) is 4.90 Å². The van der Waals surface area contributed by atoms with Crippen LogP contribution in [0.5, 0.6) is 0 Å². The first-order valence-corrected chi connectivity index (χ1v) is 12.2. The van der Waals surface area contributed by atoms with Crippen LogP contribution in [-0.4, -0.2) is 14.3 Å². The molecule has 0 bridgehead atoms. The van der Waals surface area contributed by atoms with E-state index in [4.69, 9.17) is 27.6 Å². The van der Waals surface area contributed by atoms with Crippen LogP contribution in [0.4, 0.5) is 0 Å². The van der Waals surface area contributed by atoms with Gasteiger partial charge < -0.3 is 4.42 Å². The number of aryl methyl sites for hydroxylation is 1. The van der Waals surface area contributed by atoms with Gasteiger partial charge in [0.25, 0.3) is 15.9 Å². The Labute approximate surface area is 201 Å². The third kappa shape index (κ3) is 4.83. The monoisotopic (exact) mass is 499 g/mol. The third-order valence-corrected chi connectivity index (χ3v) is 7.22. The fraction of sp³-hybridized carbons (Fsp3) is 0.0800. The number of carbonyl (C=O) groups excluding carboxylic acids is 1. The van der Waals surface area contributed by atoms with Gasteiger partial charge in [-0.3, -0.25) is 4.79 Å². The van der Waals surface area contributed by atoms with Crippen molar-refractivity contribution in [2.75, 3.05) is 0 Å². The van der Waals surface area contributed by atoms with E-state index < -0.39 is 15.9 Å². The standard InChI is InChI=1S/C25H19Cl2NO4S/c1-3-16-4-9-20(10-5-16)33(30,31)28-25(29)18-7-11-24-22(13-18)21(15(2)32-24)12-17-6-8-19(26)14-23(17)27/h3-11,13-14H,1,12H2,2H3,(H,28,29).